The molecule has 11 heavy (non-hydrogen) atoms. The fourth-order valence-electron chi connectivity index (χ4n) is 0.550. The molecule has 0 spiro atoms. The minimum atomic E-state index is -0.214. The molecule has 1 N–H and O–H groups in total. The van der Waals surface area contributed by atoms with Gasteiger partial charge >= 0.3 is 0 Å². The monoisotopic (exact) mass is 152 g/mol. The third-order valence-electron chi connectivity index (χ3n) is 1.11. The molecule has 0 unspecified atom stereocenters. The molecule has 3 nitrogen and oxygen atoms in total. The summed E-state index contributed by atoms with van der Waals surface area (Å²) in [7, 11) is 0. The smallest absolute Gasteiger partial charge is 0.234 e. The van der Waals surface area contributed by atoms with Crippen molar-refractivity contribution in [3.63, 3.8) is 0 Å². The quantitative estimate of drug-likeness (QED) is 0.610. The van der Waals surface area contributed by atoms with Crippen molar-refractivity contribution in [2.24, 2.45) is 0 Å². The van der Waals surface area contributed by atoms with Crippen molar-refractivity contribution in [1.29, 1.82) is 5.26 Å². The molecule has 0 aromatic carbocycles. The maximum atomic E-state index is 10.7. The van der Waals surface area contributed by atoms with Gasteiger partial charge in [-0.1, -0.05) is 5.57 Å². The molecular weight excluding hydrogens is 140 g/mol. The van der Waals surface area contributed by atoms with E-state index >= 15 is 0 Å². The highest BCUT2D eigenvalue weighted by Gasteiger charge is 1.96. The Labute approximate surface area is 66.7 Å². The first-order valence-electron chi connectivity index (χ1n) is 3.45. The van der Waals surface area contributed by atoms with Crippen LogP contribution < -0.4 is 5.32 Å². The second kappa shape index (κ2) is 5.48. The van der Waals surface area contributed by atoms with Crippen LogP contribution in [0.15, 0.2) is 12.2 Å². The summed E-state index contributed by atoms with van der Waals surface area (Å²) in [6.45, 7) is 6.16. The molecule has 0 fully saturated rings. The van der Waals surface area contributed by atoms with Crippen LogP contribution in [-0.4, -0.2) is 12.5 Å². The fourth-order valence-corrected chi connectivity index (χ4v) is 0.550. The predicted octanol–water partition coefficient (Wildman–Crippen LogP) is 0.982. The second-order valence-electron chi connectivity index (χ2n) is 2.39. The van der Waals surface area contributed by atoms with Crippen LogP contribution >= 0.6 is 0 Å². The zero-order valence-electron chi connectivity index (χ0n) is 6.68. The SMILES string of the molecule is C=C(C)CCNC(=O)CC#N. The van der Waals surface area contributed by atoms with E-state index in [1.54, 1.807) is 6.07 Å². The van der Waals surface area contributed by atoms with Gasteiger partial charge in [0, 0.05) is 6.54 Å². The molecule has 0 bridgehead atoms. The molecule has 3 heteroatoms. The normalized spacial score (nSPS) is 8.36. The second-order valence-corrected chi connectivity index (χ2v) is 2.39. The van der Waals surface area contributed by atoms with Crippen molar-refractivity contribution in [3.05, 3.63) is 12.2 Å². The average molecular weight is 152 g/mol. The van der Waals surface area contributed by atoms with Crippen LogP contribution in [0.1, 0.15) is 19.8 Å². The van der Waals surface area contributed by atoms with E-state index in [1.807, 2.05) is 6.92 Å². The summed E-state index contributed by atoms with van der Waals surface area (Å²) in [6.07, 6.45) is 0.716. The number of rotatable bonds is 4. The van der Waals surface area contributed by atoms with Crippen LogP contribution in [0.5, 0.6) is 0 Å². The van der Waals surface area contributed by atoms with Crippen LogP contribution in [0.3, 0.4) is 0 Å². The van der Waals surface area contributed by atoms with Crippen LogP contribution in [0, 0.1) is 11.3 Å². The Morgan fingerprint density at radius 1 is 1.73 bits per heavy atom. The molecule has 0 radical (unpaired) electrons. The Morgan fingerprint density at radius 3 is 2.82 bits per heavy atom. The Kier molecular flexibility index (Phi) is 4.83. The van der Waals surface area contributed by atoms with E-state index in [4.69, 9.17) is 5.26 Å². The van der Waals surface area contributed by atoms with E-state index in [-0.39, 0.29) is 12.3 Å². The van der Waals surface area contributed by atoms with Crippen molar-refractivity contribution < 1.29 is 4.79 Å². The number of nitrogens with one attached hydrogen (secondary N) is 1. The lowest BCUT2D eigenvalue weighted by molar-refractivity contribution is -0.120. The maximum Gasteiger partial charge on any atom is 0.234 e. The van der Waals surface area contributed by atoms with E-state index in [2.05, 4.69) is 11.9 Å². The average Bonchev–Trinajstić information content (AvgIpc) is 1.87. The Morgan fingerprint density at radius 2 is 2.36 bits per heavy atom. The Hall–Kier alpha value is -1.30. The van der Waals surface area contributed by atoms with Gasteiger partial charge in [-0.25, -0.2) is 0 Å². The van der Waals surface area contributed by atoms with Gasteiger partial charge < -0.3 is 5.32 Å². The van der Waals surface area contributed by atoms with E-state index in [0.29, 0.717) is 6.54 Å². The number of nitrogens with zero attached hydrogens (tertiary/aromatic N) is 1. The third kappa shape index (κ3) is 6.59. The predicted molar refractivity (Wildman–Crippen MR) is 42.7 cm³/mol. The van der Waals surface area contributed by atoms with Gasteiger partial charge in [0.2, 0.25) is 5.91 Å². The van der Waals surface area contributed by atoms with Crippen LogP contribution in [0.2, 0.25) is 0 Å². The summed E-state index contributed by atoms with van der Waals surface area (Å²) in [5.74, 6) is -0.214. The van der Waals surface area contributed by atoms with Gasteiger partial charge in [0.15, 0.2) is 0 Å². The van der Waals surface area contributed by atoms with Crippen molar-refractivity contribution in [3.8, 4) is 6.07 Å². The zero-order chi connectivity index (χ0) is 8.69. The lowest BCUT2D eigenvalue weighted by Gasteiger charge is -2.00. The molecule has 0 aliphatic carbocycles. The molecule has 60 valence electrons. The van der Waals surface area contributed by atoms with Gasteiger partial charge in [0.25, 0.3) is 0 Å². The molecule has 0 saturated heterocycles. The Balaban J connectivity index is 3.33. The fraction of sp³-hybridized carbons (Fsp3) is 0.500. The van der Waals surface area contributed by atoms with Gasteiger partial charge in [0.1, 0.15) is 6.42 Å². The van der Waals surface area contributed by atoms with Crippen LogP contribution in [0.4, 0.5) is 0 Å². The van der Waals surface area contributed by atoms with Crippen molar-refractivity contribution in [2.45, 2.75) is 19.8 Å². The number of amides is 1. The van der Waals surface area contributed by atoms with Crippen LogP contribution in [0.25, 0.3) is 0 Å². The van der Waals surface area contributed by atoms with Gasteiger partial charge in [-0.05, 0) is 13.3 Å². The van der Waals surface area contributed by atoms with Gasteiger partial charge in [0.05, 0.1) is 6.07 Å². The van der Waals surface area contributed by atoms with Crippen molar-refractivity contribution in [2.75, 3.05) is 6.54 Å². The molecular formula is C8H12N2O. The maximum absolute atomic E-state index is 10.7. The highest BCUT2D eigenvalue weighted by molar-refractivity contribution is 5.77. The minimum Gasteiger partial charge on any atom is -0.355 e. The highest BCUT2D eigenvalue weighted by atomic mass is 16.1. The lowest BCUT2D eigenvalue weighted by Crippen LogP contribution is -2.23. The zero-order valence-corrected chi connectivity index (χ0v) is 6.68. The van der Waals surface area contributed by atoms with E-state index in [9.17, 15) is 4.79 Å². The first kappa shape index (κ1) is 9.70. The van der Waals surface area contributed by atoms with E-state index < -0.39 is 0 Å². The number of hydrogen-bond donors (Lipinski definition) is 1. The largest absolute Gasteiger partial charge is 0.355 e. The minimum absolute atomic E-state index is 0.0593. The van der Waals surface area contributed by atoms with Gasteiger partial charge in [-0.3, -0.25) is 4.79 Å². The summed E-state index contributed by atoms with van der Waals surface area (Å²) in [4.78, 5) is 10.7. The molecule has 1 amide bonds. The van der Waals surface area contributed by atoms with Crippen molar-refractivity contribution in [1.82, 2.24) is 5.32 Å². The van der Waals surface area contributed by atoms with Crippen molar-refractivity contribution >= 4 is 5.91 Å². The summed E-state index contributed by atoms with van der Waals surface area (Å²) in [6, 6.07) is 1.77. The van der Waals surface area contributed by atoms with Gasteiger partial charge in [-0.2, -0.15) is 5.26 Å². The molecule has 0 heterocycles. The number of carbonyl (C=O) groups excluding carboxylic acids is 1. The summed E-state index contributed by atoms with van der Waals surface area (Å²) in [5.41, 5.74) is 1.03. The molecule has 0 aromatic rings. The molecule has 0 atom stereocenters. The number of hydrogen-bond acceptors (Lipinski definition) is 2. The molecule has 0 aromatic heterocycles. The molecule has 0 aliphatic heterocycles. The lowest BCUT2D eigenvalue weighted by atomic mass is 10.2. The van der Waals surface area contributed by atoms with Gasteiger partial charge in [-0.15, -0.1) is 6.58 Å². The molecule has 0 aliphatic rings. The van der Waals surface area contributed by atoms with E-state index in [1.165, 1.54) is 0 Å². The summed E-state index contributed by atoms with van der Waals surface area (Å²) in [5, 5.41) is 10.7. The Bertz CT molecular complexity index is 191. The van der Waals surface area contributed by atoms with E-state index in [0.717, 1.165) is 12.0 Å². The number of carbonyl (C=O) groups is 1. The summed E-state index contributed by atoms with van der Waals surface area (Å²) >= 11 is 0. The standard InChI is InChI=1S/C8H12N2O/c1-7(2)4-6-10-8(11)3-5-9/h1,3-4,6H2,2H3,(H,10,11). The third-order valence-corrected chi connectivity index (χ3v) is 1.11. The summed E-state index contributed by atoms with van der Waals surface area (Å²) < 4.78 is 0. The topological polar surface area (TPSA) is 52.9 Å². The molecule has 0 saturated carbocycles. The van der Waals surface area contributed by atoms with Crippen LogP contribution in [-0.2, 0) is 4.79 Å². The first-order chi connectivity index (χ1) is 5.16. The highest BCUT2D eigenvalue weighted by Crippen LogP contribution is 1.91. The molecule has 0 rings (SSSR count). The number of nitriles is 1. The first-order valence-corrected chi connectivity index (χ1v) is 3.45.